The lowest BCUT2D eigenvalue weighted by Crippen LogP contribution is -2.35. The third-order valence-corrected chi connectivity index (χ3v) is 6.55. The molecule has 2 fully saturated rings. The molecular weight excluding hydrogens is 340 g/mol. The van der Waals surface area contributed by atoms with Gasteiger partial charge in [0.25, 0.3) is 0 Å². The number of likely N-dealkylation sites (tertiary alicyclic amines) is 1. The first-order valence-electron chi connectivity index (χ1n) is 10.5. The number of fused-ring (bicyclic) bond motifs is 1. The average molecular weight is 370 g/mol. The van der Waals surface area contributed by atoms with Crippen molar-refractivity contribution >= 4 is 11.8 Å². The molecule has 6 nitrogen and oxygen atoms in total. The largest absolute Gasteiger partial charge is 0.342 e. The number of nitrogens with zero attached hydrogens (tertiary/aromatic N) is 4. The standard InChI is InChI=1S/C21H30N4O2/c1-15(26)24-11-9-19-18(14-24)12-22-21(23-19)17-8-10-25(13-17)20(27)7-6-16-4-2-3-5-16/h12,16-17H,2-11,13-14H2,1H3. The van der Waals surface area contributed by atoms with Gasteiger partial charge in [-0.3, -0.25) is 9.59 Å². The van der Waals surface area contributed by atoms with Gasteiger partial charge in [-0.1, -0.05) is 25.7 Å². The first-order valence-corrected chi connectivity index (χ1v) is 10.5. The maximum atomic E-state index is 12.6. The van der Waals surface area contributed by atoms with Crippen LogP contribution in [0.25, 0.3) is 0 Å². The Balaban J connectivity index is 1.33. The Morgan fingerprint density at radius 3 is 2.74 bits per heavy atom. The number of hydrogen-bond acceptors (Lipinski definition) is 4. The van der Waals surface area contributed by atoms with Crippen LogP contribution >= 0.6 is 0 Å². The summed E-state index contributed by atoms with van der Waals surface area (Å²) in [6, 6.07) is 0. The summed E-state index contributed by atoms with van der Waals surface area (Å²) in [6.07, 6.45) is 10.7. The number of rotatable bonds is 4. The smallest absolute Gasteiger partial charge is 0.222 e. The second kappa shape index (κ2) is 7.95. The van der Waals surface area contributed by atoms with E-state index in [0.717, 1.165) is 61.9 Å². The van der Waals surface area contributed by atoms with Crippen molar-refractivity contribution in [3.05, 3.63) is 23.3 Å². The lowest BCUT2D eigenvalue weighted by Gasteiger charge is -2.27. The highest BCUT2D eigenvalue weighted by Gasteiger charge is 2.30. The molecule has 1 aromatic rings. The summed E-state index contributed by atoms with van der Waals surface area (Å²) in [5.41, 5.74) is 2.13. The molecule has 0 bridgehead atoms. The zero-order valence-corrected chi connectivity index (χ0v) is 16.3. The van der Waals surface area contributed by atoms with E-state index in [1.807, 2.05) is 16.0 Å². The van der Waals surface area contributed by atoms with Crippen LogP contribution in [0, 0.1) is 5.92 Å². The lowest BCUT2D eigenvalue weighted by molar-refractivity contribution is -0.131. The van der Waals surface area contributed by atoms with E-state index < -0.39 is 0 Å². The molecule has 1 aromatic heterocycles. The Hall–Kier alpha value is -1.98. The van der Waals surface area contributed by atoms with Crippen molar-refractivity contribution in [3.63, 3.8) is 0 Å². The molecule has 1 atom stereocenters. The second-order valence-electron chi connectivity index (χ2n) is 8.41. The zero-order valence-electron chi connectivity index (χ0n) is 16.3. The lowest BCUT2D eigenvalue weighted by atomic mass is 10.0. The number of hydrogen-bond donors (Lipinski definition) is 0. The van der Waals surface area contributed by atoms with Crippen LogP contribution in [0.3, 0.4) is 0 Å². The zero-order chi connectivity index (χ0) is 18.8. The minimum atomic E-state index is 0.104. The average Bonchev–Trinajstić information content (AvgIpc) is 3.37. The highest BCUT2D eigenvalue weighted by atomic mass is 16.2. The summed E-state index contributed by atoms with van der Waals surface area (Å²) in [5, 5.41) is 0. The fourth-order valence-electron chi connectivity index (χ4n) is 4.78. The van der Waals surface area contributed by atoms with Gasteiger partial charge in [-0.25, -0.2) is 9.97 Å². The number of aromatic nitrogens is 2. The van der Waals surface area contributed by atoms with Gasteiger partial charge in [-0.15, -0.1) is 0 Å². The predicted molar refractivity (Wildman–Crippen MR) is 102 cm³/mol. The topological polar surface area (TPSA) is 66.4 Å². The molecule has 6 heteroatoms. The van der Waals surface area contributed by atoms with E-state index in [0.29, 0.717) is 18.9 Å². The molecule has 0 aromatic carbocycles. The Kier molecular flexibility index (Phi) is 5.41. The van der Waals surface area contributed by atoms with Crippen LogP contribution < -0.4 is 0 Å². The van der Waals surface area contributed by atoms with Gasteiger partial charge in [0.1, 0.15) is 5.82 Å². The molecule has 1 saturated carbocycles. The van der Waals surface area contributed by atoms with E-state index in [1.165, 1.54) is 25.7 Å². The van der Waals surface area contributed by atoms with Crippen LogP contribution in [0.15, 0.2) is 6.20 Å². The maximum Gasteiger partial charge on any atom is 0.222 e. The van der Waals surface area contributed by atoms with Gasteiger partial charge in [0.15, 0.2) is 0 Å². The van der Waals surface area contributed by atoms with Crippen molar-refractivity contribution in [3.8, 4) is 0 Å². The van der Waals surface area contributed by atoms with Crippen LogP contribution in [0.2, 0.25) is 0 Å². The highest BCUT2D eigenvalue weighted by Crippen LogP contribution is 2.30. The molecule has 4 rings (SSSR count). The van der Waals surface area contributed by atoms with Gasteiger partial charge in [0.2, 0.25) is 11.8 Å². The normalized spacial score (nSPS) is 22.9. The van der Waals surface area contributed by atoms with Crippen LogP contribution in [0.1, 0.15) is 74.9 Å². The number of amides is 2. The molecule has 3 aliphatic rings. The molecule has 27 heavy (non-hydrogen) atoms. The predicted octanol–water partition coefficient (Wildman–Crippen LogP) is 2.67. The molecule has 0 spiro atoms. The monoisotopic (exact) mass is 370 g/mol. The van der Waals surface area contributed by atoms with Gasteiger partial charge in [-0.2, -0.15) is 0 Å². The van der Waals surface area contributed by atoms with Crippen molar-refractivity contribution in [2.24, 2.45) is 5.92 Å². The molecule has 0 N–H and O–H groups in total. The van der Waals surface area contributed by atoms with E-state index in [2.05, 4.69) is 4.98 Å². The van der Waals surface area contributed by atoms with Crippen molar-refractivity contribution in [1.29, 1.82) is 0 Å². The van der Waals surface area contributed by atoms with E-state index in [1.54, 1.807) is 6.92 Å². The maximum absolute atomic E-state index is 12.6. The number of carbonyl (C=O) groups is 2. The fourth-order valence-corrected chi connectivity index (χ4v) is 4.78. The Labute approximate surface area is 161 Å². The third-order valence-electron chi connectivity index (χ3n) is 6.55. The van der Waals surface area contributed by atoms with E-state index in [4.69, 9.17) is 4.98 Å². The third kappa shape index (κ3) is 4.14. The highest BCUT2D eigenvalue weighted by molar-refractivity contribution is 5.76. The first kappa shape index (κ1) is 18.4. The summed E-state index contributed by atoms with van der Waals surface area (Å²) in [5.74, 6) is 2.30. The Bertz CT molecular complexity index is 714. The molecule has 2 amide bonds. The molecule has 1 saturated heterocycles. The van der Waals surface area contributed by atoms with Gasteiger partial charge in [0, 0.05) is 63.6 Å². The Morgan fingerprint density at radius 1 is 1.15 bits per heavy atom. The van der Waals surface area contributed by atoms with Crippen molar-refractivity contribution in [1.82, 2.24) is 19.8 Å². The quantitative estimate of drug-likeness (QED) is 0.817. The van der Waals surface area contributed by atoms with Gasteiger partial charge < -0.3 is 9.80 Å². The van der Waals surface area contributed by atoms with Crippen LogP contribution in [0.4, 0.5) is 0 Å². The SMILES string of the molecule is CC(=O)N1CCc2nc(C3CCN(C(=O)CCC4CCCC4)C3)ncc2C1. The van der Waals surface area contributed by atoms with Crippen molar-refractivity contribution in [2.45, 2.75) is 70.8 Å². The van der Waals surface area contributed by atoms with Crippen LogP contribution in [0.5, 0.6) is 0 Å². The summed E-state index contributed by atoms with van der Waals surface area (Å²) in [4.78, 5) is 37.4. The molecule has 1 unspecified atom stereocenters. The molecular formula is C21H30N4O2. The van der Waals surface area contributed by atoms with E-state index in [9.17, 15) is 9.59 Å². The molecule has 2 aliphatic heterocycles. The van der Waals surface area contributed by atoms with Gasteiger partial charge in [0.05, 0.1) is 5.69 Å². The minimum Gasteiger partial charge on any atom is -0.342 e. The summed E-state index contributed by atoms with van der Waals surface area (Å²) in [7, 11) is 0. The molecule has 146 valence electrons. The summed E-state index contributed by atoms with van der Waals surface area (Å²) < 4.78 is 0. The minimum absolute atomic E-state index is 0.104. The summed E-state index contributed by atoms with van der Waals surface area (Å²) in [6.45, 7) is 4.53. The Morgan fingerprint density at radius 2 is 1.96 bits per heavy atom. The molecule has 0 radical (unpaired) electrons. The van der Waals surface area contributed by atoms with Crippen LogP contribution in [-0.4, -0.2) is 51.2 Å². The molecule has 3 heterocycles. The van der Waals surface area contributed by atoms with Gasteiger partial charge >= 0.3 is 0 Å². The fraction of sp³-hybridized carbons (Fsp3) is 0.714. The number of carbonyl (C=O) groups excluding carboxylic acids is 2. The first-order chi connectivity index (χ1) is 13.1. The van der Waals surface area contributed by atoms with Crippen molar-refractivity contribution in [2.75, 3.05) is 19.6 Å². The van der Waals surface area contributed by atoms with Crippen molar-refractivity contribution < 1.29 is 9.59 Å². The van der Waals surface area contributed by atoms with E-state index in [-0.39, 0.29) is 11.8 Å². The molecule has 1 aliphatic carbocycles. The van der Waals surface area contributed by atoms with Gasteiger partial charge in [-0.05, 0) is 18.8 Å². The van der Waals surface area contributed by atoms with E-state index >= 15 is 0 Å². The summed E-state index contributed by atoms with van der Waals surface area (Å²) >= 11 is 0. The second-order valence-corrected chi connectivity index (χ2v) is 8.41. The van der Waals surface area contributed by atoms with Crippen LogP contribution in [-0.2, 0) is 22.6 Å².